The number of ether oxygens (including phenoxy) is 1. The van der Waals surface area contributed by atoms with Crippen LogP contribution < -0.4 is 15.8 Å². The Labute approximate surface area is 241 Å². The van der Waals surface area contributed by atoms with Crippen LogP contribution in [0.5, 0.6) is 5.75 Å². The van der Waals surface area contributed by atoms with Gasteiger partial charge in [-0.3, -0.25) is 24.6 Å². The van der Waals surface area contributed by atoms with Gasteiger partial charge in [0, 0.05) is 46.9 Å². The molecule has 2 saturated heterocycles. The van der Waals surface area contributed by atoms with Crippen LogP contribution in [0.3, 0.4) is 0 Å². The number of hydrogen-bond acceptors (Lipinski definition) is 7. The number of carbonyl (C=O) groups is 3. The van der Waals surface area contributed by atoms with Gasteiger partial charge >= 0.3 is 0 Å². The highest BCUT2D eigenvalue weighted by molar-refractivity contribution is 7.83. The van der Waals surface area contributed by atoms with Gasteiger partial charge in [-0.1, -0.05) is 18.2 Å². The molecule has 4 aliphatic rings. The number of likely N-dealkylation sites (tertiary alicyclic amines) is 1. The van der Waals surface area contributed by atoms with Crippen LogP contribution in [0.2, 0.25) is 0 Å². The average Bonchev–Trinajstić information content (AvgIpc) is 3.49. The molecule has 2 fully saturated rings. The van der Waals surface area contributed by atoms with Crippen molar-refractivity contribution >= 4 is 34.9 Å². The first-order valence-electron chi connectivity index (χ1n) is 13.9. The Bertz CT molecular complexity index is 1510. The molecule has 1 spiro atoms. The molecule has 4 heterocycles. The third-order valence-corrected chi connectivity index (χ3v) is 9.62. The van der Waals surface area contributed by atoms with Crippen molar-refractivity contribution in [2.45, 2.75) is 55.5 Å². The first-order valence-corrected chi connectivity index (χ1v) is 15.0. The second-order valence-corrected chi connectivity index (χ2v) is 12.4. The molecular formula is C30H33N5O5S. The van der Waals surface area contributed by atoms with Crippen molar-refractivity contribution in [2.75, 3.05) is 26.2 Å². The van der Waals surface area contributed by atoms with Gasteiger partial charge in [0.25, 0.3) is 5.91 Å². The predicted octanol–water partition coefficient (Wildman–Crippen LogP) is 2.12. The SMILES string of the molecule is Cc1cccc(S(=O)/N=C/C(=C\N)CN2CCC3(CC2)COc2c3ccc3c2CN([C@H]2CCC(=O)NC2=O)C3=O)c1. The number of aryl methyl sites for hydroxylation is 1. The van der Waals surface area contributed by atoms with Crippen molar-refractivity contribution in [3.05, 3.63) is 70.4 Å². The van der Waals surface area contributed by atoms with E-state index in [1.807, 2.05) is 37.3 Å². The van der Waals surface area contributed by atoms with E-state index in [4.69, 9.17) is 10.5 Å². The number of hydrogen-bond donors (Lipinski definition) is 2. The largest absolute Gasteiger partial charge is 0.492 e. The van der Waals surface area contributed by atoms with Crippen molar-refractivity contribution in [1.82, 2.24) is 15.1 Å². The molecule has 0 aliphatic carbocycles. The van der Waals surface area contributed by atoms with E-state index in [0.717, 1.165) is 53.9 Å². The third kappa shape index (κ3) is 5.08. The zero-order chi connectivity index (χ0) is 28.7. The number of nitrogens with zero attached hydrogens (tertiary/aromatic N) is 3. The molecule has 2 aromatic rings. The Morgan fingerprint density at radius 2 is 2.02 bits per heavy atom. The number of nitrogens with one attached hydrogen (secondary N) is 1. The summed E-state index contributed by atoms with van der Waals surface area (Å²) in [5.74, 6) is -0.136. The van der Waals surface area contributed by atoms with Crippen LogP contribution in [0, 0.1) is 6.92 Å². The van der Waals surface area contributed by atoms with Gasteiger partial charge in [0.15, 0.2) is 11.0 Å². The van der Waals surface area contributed by atoms with Gasteiger partial charge in [-0.05, 0) is 69.2 Å². The maximum absolute atomic E-state index is 13.2. The summed E-state index contributed by atoms with van der Waals surface area (Å²) in [6.07, 6.45) is 5.44. The van der Waals surface area contributed by atoms with Crippen LogP contribution in [0.15, 0.2) is 57.5 Å². The molecule has 0 aromatic heterocycles. The number of rotatable bonds is 6. The maximum atomic E-state index is 13.2. The minimum atomic E-state index is -1.49. The third-order valence-electron chi connectivity index (χ3n) is 8.67. The zero-order valence-electron chi connectivity index (χ0n) is 22.9. The van der Waals surface area contributed by atoms with Crippen LogP contribution in [0.1, 0.15) is 52.7 Å². The standard InChI is InChI=1S/C30H33N5O5S/c1-19-3-2-4-21(13-19)41(39)32-15-20(14-31)16-34-11-9-30(10-12-34)18-40-27-23-17-35(25-7-8-26(36)33-28(25)37)29(38)22(23)5-6-24(27)30/h2-6,13-15,25H,7-12,16-18,31H2,1H3,(H,33,36,37)/b20-14+,32-15+/t25-,41?/m0/s1. The Kier molecular flexibility index (Phi) is 7.25. The minimum absolute atomic E-state index is 0.140. The summed E-state index contributed by atoms with van der Waals surface area (Å²) in [6.45, 7) is 5.07. The summed E-state index contributed by atoms with van der Waals surface area (Å²) >= 11 is 0. The van der Waals surface area contributed by atoms with E-state index in [1.165, 1.54) is 6.20 Å². The summed E-state index contributed by atoms with van der Waals surface area (Å²) in [4.78, 5) is 41.8. The van der Waals surface area contributed by atoms with E-state index < -0.39 is 22.9 Å². The van der Waals surface area contributed by atoms with Crippen molar-refractivity contribution < 1.29 is 23.3 Å². The van der Waals surface area contributed by atoms with E-state index >= 15 is 0 Å². The molecule has 6 rings (SSSR count). The van der Waals surface area contributed by atoms with Gasteiger partial charge < -0.3 is 15.4 Å². The van der Waals surface area contributed by atoms with Gasteiger partial charge in [0.05, 0.1) is 18.0 Å². The van der Waals surface area contributed by atoms with E-state index in [9.17, 15) is 18.6 Å². The lowest BCUT2D eigenvalue weighted by atomic mass is 9.74. The van der Waals surface area contributed by atoms with Crippen LogP contribution in [-0.2, 0) is 32.5 Å². The fourth-order valence-electron chi connectivity index (χ4n) is 6.33. The Balaban J connectivity index is 1.11. The zero-order valence-corrected chi connectivity index (χ0v) is 23.7. The van der Waals surface area contributed by atoms with Crippen LogP contribution in [-0.4, -0.2) is 70.2 Å². The number of carbonyl (C=O) groups excluding carboxylic acids is 3. The summed E-state index contributed by atoms with van der Waals surface area (Å²) in [6, 6.07) is 10.7. The average molecular weight is 576 g/mol. The molecule has 11 heteroatoms. The molecule has 4 aliphatic heterocycles. The monoisotopic (exact) mass is 575 g/mol. The van der Waals surface area contributed by atoms with Gasteiger partial charge in [0.1, 0.15) is 11.8 Å². The molecule has 2 aromatic carbocycles. The molecule has 3 amide bonds. The second kappa shape index (κ2) is 10.9. The summed E-state index contributed by atoms with van der Waals surface area (Å²) in [7, 11) is -1.49. The molecule has 41 heavy (non-hydrogen) atoms. The highest BCUT2D eigenvalue weighted by Crippen LogP contribution is 2.49. The molecule has 10 nitrogen and oxygen atoms in total. The number of fused-ring (bicyclic) bond motifs is 4. The fraction of sp³-hybridized carbons (Fsp3) is 0.400. The van der Waals surface area contributed by atoms with Crippen molar-refractivity contribution in [3.8, 4) is 5.75 Å². The molecule has 1 unspecified atom stereocenters. The quantitative estimate of drug-likeness (QED) is 0.398. The van der Waals surface area contributed by atoms with Gasteiger partial charge in [-0.25, -0.2) is 4.21 Å². The Morgan fingerprint density at radius 1 is 1.22 bits per heavy atom. The van der Waals surface area contributed by atoms with Crippen molar-refractivity contribution in [3.63, 3.8) is 0 Å². The van der Waals surface area contributed by atoms with E-state index in [-0.39, 0.29) is 23.7 Å². The van der Waals surface area contributed by atoms with Crippen molar-refractivity contribution in [1.29, 1.82) is 0 Å². The first-order chi connectivity index (χ1) is 19.8. The lowest BCUT2D eigenvalue weighted by Gasteiger charge is -2.38. The van der Waals surface area contributed by atoms with Crippen LogP contribution in [0.4, 0.5) is 0 Å². The Morgan fingerprint density at radius 3 is 2.76 bits per heavy atom. The van der Waals surface area contributed by atoms with E-state index in [1.54, 1.807) is 17.2 Å². The summed E-state index contributed by atoms with van der Waals surface area (Å²) in [5, 5.41) is 2.35. The van der Waals surface area contributed by atoms with Gasteiger partial charge in [-0.15, -0.1) is 0 Å². The summed E-state index contributed by atoms with van der Waals surface area (Å²) < 4.78 is 23.1. The number of piperidine rings is 2. The highest BCUT2D eigenvalue weighted by atomic mass is 32.2. The lowest BCUT2D eigenvalue weighted by Crippen LogP contribution is -2.52. The molecular weight excluding hydrogens is 542 g/mol. The predicted molar refractivity (Wildman–Crippen MR) is 154 cm³/mol. The summed E-state index contributed by atoms with van der Waals surface area (Å²) in [5.41, 5.74) is 10.1. The number of imide groups is 1. The van der Waals surface area contributed by atoms with Crippen LogP contribution in [0.25, 0.3) is 0 Å². The molecule has 214 valence electrons. The fourth-order valence-corrected chi connectivity index (χ4v) is 7.17. The molecule has 3 N–H and O–H groups in total. The second-order valence-electron chi connectivity index (χ2n) is 11.3. The lowest BCUT2D eigenvalue weighted by molar-refractivity contribution is -0.136. The van der Waals surface area contributed by atoms with Gasteiger partial charge in [-0.2, -0.15) is 4.40 Å². The maximum Gasteiger partial charge on any atom is 0.255 e. The normalized spacial score (nSPS) is 23.0. The van der Waals surface area contributed by atoms with Crippen molar-refractivity contribution in [2.24, 2.45) is 10.1 Å². The number of nitrogens with two attached hydrogens (primary N) is 1. The molecule has 0 bridgehead atoms. The van der Waals surface area contributed by atoms with E-state index in [2.05, 4.69) is 14.6 Å². The molecule has 2 atom stereocenters. The number of amides is 3. The smallest absolute Gasteiger partial charge is 0.255 e. The van der Waals surface area contributed by atoms with Crippen LogP contribution >= 0.6 is 0 Å². The Hall–Kier alpha value is -3.83. The molecule has 0 radical (unpaired) electrons. The van der Waals surface area contributed by atoms with E-state index in [0.29, 0.717) is 36.6 Å². The number of benzene rings is 2. The highest BCUT2D eigenvalue weighted by Gasteiger charge is 2.47. The molecule has 0 saturated carbocycles. The topological polar surface area (TPSA) is 134 Å². The minimum Gasteiger partial charge on any atom is -0.492 e. The first kappa shape index (κ1) is 27.3. The van der Waals surface area contributed by atoms with Gasteiger partial charge in [0.2, 0.25) is 11.8 Å².